The van der Waals surface area contributed by atoms with Crippen LogP contribution in [0, 0.1) is 35.0 Å². The van der Waals surface area contributed by atoms with Crippen LogP contribution in [0.3, 0.4) is 0 Å². The highest BCUT2D eigenvalue weighted by Gasteiger charge is 2.59. The van der Waals surface area contributed by atoms with Gasteiger partial charge in [0.25, 0.3) is 11.8 Å². The maximum atomic E-state index is 12.7. The minimum absolute atomic E-state index is 0.0987. The normalized spacial score (nSPS) is 28.1. The summed E-state index contributed by atoms with van der Waals surface area (Å²) >= 11 is 0. The number of hydrogen-bond donors (Lipinski definition) is 0. The standard InChI is InChI=1S/C20H20N4O3/c1-23(2)15-6-5-14(16(10-15)27-8-7-21)11-22-24-19(25)17-12-3-4-13(9-12)18(17)20(24)26/h3-6,10-13,17-18H,8-9H2,1-2H3/t12-,13-,17-,18+/m0/s1. The van der Waals surface area contributed by atoms with Gasteiger partial charge < -0.3 is 9.64 Å². The average molecular weight is 364 g/mol. The Hall–Kier alpha value is -3.14. The van der Waals surface area contributed by atoms with Crippen molar-refractivity contribution in [3.8, 4) is 11.8 Å². The van der Waals surface area contributed by atoms with Gasteiger partial charge in [-0.15, -0.1) is 0 Å². The van der Waals surface area contributed by atoms with Crippen molar-refractivity contribution >= 4 is 23.7 Å². The highest BCUT2D eigenvalue weighted by atomic mass is 16.5. The van der Waals surface area contributed by atoms with Gasteiger partial charge in [-0.1, -0.05) is 12.2 Å². The van der Waals surface area contributed by atoms with Gasteiger partial charge in [-0.2, -0.15) is 15.4 Å². The molecule has 0 radical (unpaired) electrons. The van der Waals surface area contributed by atoms with Crippen molar-refractivity contribution < 1.29 is 14.3 Å². The van der Waals surface area contributed by atoms with Crippen LogP contribution in [-0.2, 0) is 9.59 Å². The summed E-state index contributed by atoms with van der Waals surface area (Å²) in [7, 11) is 3.81. The van der Waals surface area contributed by atoms with Gasteiger partial charge in [-0.3, -0.25) is 9.59 Å². The van der Waals surface area contributed by atoms with Crippen molar-refractivity contribution in [2.24, 2.45) is 28.8 Å². The summed E-state index contributed by atoms with van der Waals surface area (Å²) in [5, 5.41) is 14.0. The Kier molecular flexibility index (Phi) is 4.19. The minimum atomic E-state index is -0.268. The van der Waals surface area contributed by atoms with E-state index in [1.165, 1.54) is 6.21 Å². The van der Waals surface area contributed by atoms with E-state index in [9.17, 15) is 9.59 Å². The van der Waals surface area contributed by atoms with Gasteiger partial charge in [0.15, 0.2) is 6.61 Å². The predicted molar refractivity (Wildman–Crippen MR) is 99.0 cm³/mol. The zero-order valence-corrected chi connectivity index (χ0v) is 15.2. The summed E-state index contributed by atoms with van der Waals surface area (Å²) in [6.45, 7) is -0.0987. The van der Waals surface area contributed by atoms with Crippen LogP contribution < -0.4 is 9.64 Å². The fourth-order valence-corrected chi connectivity index (χ4v) is 4.26. The first kappa shape index (κ1) is 17.3. The third-order valence-electron chi connectivity index (χ3n) is 5.57. The van der Waals surface area contributed by atoms with Gasteiger partial charge in [0.1, 0.15) is 11.8 Å². The van der Waals surface area contributed by atoms with Crippen LogP contribution >= 0.6 is 0 Å². The van der Waals surface area contributed by atoms with Crippen LogP contribution in [0.2, 0.25) is 0 Å². The molecule has 1 aromatic rings. The second-order valence-electron chi connectivity index (χ2n) is 7.30. The van der Waals surface area contributed by atoms with E-state index in [4.69, 9.17) is 10.00 Å². The Morgan fingerprint density at radius 3 is 2.52 bits per heavy atom. The number of hydrogen-bond acceptors (Lipinski definition) is 6. The molecule has 0 unspecified atom stereocenters. The first-order chi connectivity index (χ1) is 13.0. The summed E-state index contributed by atoms with van der Waals surface area (Å²) in [5.74, 6) is -0.182. The molecule has 2 aliphatic carbocycles. The Balaban J connectivity index is 1.59. The van der Waals surface area contributed by atoms with Crippen molar-refractivity contribution in [1.29, 1.82) is 5.26 Å². The van der Waals surface area contributed by atoms with E-state index in [2.05, 4.69) is 17.3 Å². The molecule has 138 valence electrons. The molecule has 1 aromatic carbocycles. The van der Waals surface area contributed by atoms with E-state index in [1.807, 2.05) is 31.1 Å². The molecule has 0 N–H and O–H groups in total. The third kappa shape index (κ3) is 2.78. The number of benzene rings is 1. The number of fused-ring (bicyclic) bond motifs is 5. The zero-order valence-electron chi connectivity index (χ0n) is 15.2. The Morgan fingerprint density at radius 1 is 1.26 bits per heavy atom. The zero-order chi connectivity index (χ0) is 19.1. The van der Waals surface area contributed by atoms with Crippen molar-refractivity contribution in [3.63, 3.8) is 0 Å². The number of carbonyl (C=O) groups is 2. The number of anilines is 1. The van der Waals surface area contributed by atoms with E-state index in [-0.39, 0.29) is 42.1 Å². The van der Waals surface area contributed by atoms with Gasteiger partial charge in [0, 0.05) is 31.4 Å². The molecule has 7 nitrogen and oxygen atoms in total. The second-order valence-corrected chi connectivity index (χ2v) is 7.30. The number of nitriles is 1. The topological polar surface area (TPSA) is 86.0 Å². The molecule has 2 fully saturated rings. The number of imide groups is 1. The molecule has 0 spiro atoms. The Labute approximate surface area is 157 Å². The lowest BCUT2D eigenvalue weighted by Gasteiger charge is -2.15. The van der Waals surface area contributed by atoms with Gasteiger partial charge in [0.2, 0.25) is 0 Å². The van der Waals surface area contributed by atoms with Crippen LogP contribution in [0.25, 0.3) is 0 Å². The minimum Gasteiger partial charge on any atom is -0.478 e. The molecule has 4 atom stereocenters. The molecule has 1 saturated heterocycles. The predicted octanol–water partition coefficient (Wildman–Crippen LogP) is 1.80. The van der Waals surface area contributed by atoms with Crippen LogP contribution in [0.4, 0.5) is 5.69 Å². The first-order valence-electron chi connectivity index (χ1n) is 8.92. The molecule has 1 aliphatic heterocycles. The third-order valence-corrected chi connectivity index (χ3v) is 5.57. The summed E-state index contributed by atoms with van der Waals surface area (Å²) in [6.07, 6.45) is 6.46. The number of ether oxygens (including phenoxy) is 1. The molecule has 27 heavy (non-hydrogen) atoms. The number of nitrogens with zero attached hydrogens (tertiary/aromatic N) is 4. The van der Waals surface area contributed by atoms with Crippen molar-refractivity contribution in [2.75, 3.05) is 25.6 Å². The summed E-state index contributed by atoms with van der Waals surface area (Å²) in [5.41, 5.74) is 1.51. The number of hydrazone groups is 1. The Morgan fingerprint density at radius 2 is 1.93 bits per heavy atom. The van der Waals surface area contributed by atoms with Crippen molar-refractivity contribution in [2.45, 2.75) is 6.42 Å². The lowest BCUT2D eigenvalue weighted by Crippen LogP contribution is -2.28. The maximum absolute atomic E-state index is 12.7. The van der Waals surface area contributed by atoms with Crippen molar-refractivity contribution in [1.82, 2.24) is 5.01 Å². The molecule has 0 aromatic heterocycles. The second kappa shape index (κ2) is 6.54. The fourth-order valence-electron chi connectivity index (χ4n) is 4.26. The maximum Gasteiger partial charge on any atom is 0.254 e. The number of rotatable bonds is 5. The van der Waals surface area contributed by atoms with E-state index in [1.54, 1.807) is 12.1 Å². The van der Waals surface area contributed by atoms with E-state index in [0.717, 1.165) is 17.1 Å². The van der Waals surface area contributed by atoms with Gasteiger partial charge >= 0.3 is 0 Å². The quantitative estimate of drug-likeness (QED) is 0.452. The van der Waals surface area contributed by atoms with E-state index in [0.29, 0.717) is 11.3 Å². The van der Waals surface area contributed by atoms with Crippen LogP contribution in [0.1, 0.15) is 12.0 Å². The molecule has 2 amide bonds. The van der Waals surface area contributed by atoms with Crippen LogP contribution in [-0.4, -0.2) is 43.7 Å². The van der Waals surface area contributed by atoms with Crippen molar-refractivity contribution in [3.05, 3.63) is 35.9 Å². The summed E-state index contributed by atoms with van der Waals surface area (Å²) in [4.78, 5) is 27.3. The van der Waals surface area contributed by atoms with Crippen LogP contribution in [0.5, 0.6) is 5.75 Å². The molecule has 2 bridgehead atoms. The number of amides is 2. The summed E-state index contributed by atoms with van der Waals surface area (Å²) in [6, 6.07) is 7.41. The van der Waals surface area contributed by atoms with E-state index >= 15 is 0 Å². The average Bonchev–Trinajstić information content (AvgIpc) is 3.33. The smallest absolute Gasteiger partial charge is 0.254 e. The van der Waals surface area contributed by atoms with Crippen LogP contribution in [0.15, 0.2) is 35.5 Å². The molecule has 4 rings (SSSR count). The summed E-state index contributed by atoms with van der Waals surface area (Å²) < 4.78 is 5.49. The molecular weight excluding hydrogens is 344 g/mol. The highest BCUT2D eigenvalue weighted by molar-refractivity contribution is 6.06. The molecule has 1 saturated carbocycles. The molecule has 1 heterocycles. The van der Waals surface area contributed by atoms with Gasteiger partial charge in [-0.25, -0.2) is 0 Å². The fraction of sp³-hybridized carbons (Fsp3) is 0.400. The number of carbonyl (C=O) groups excluding carboxylic acids is 2. The van der Waals surface area contributed by atoms with E-state index < -0.39 is 0 Å². The SMILES string of the molecule is CN(C)c1ccc(C=NN2C(=O)[C@@H]3[C@H](C2=O)[C@H]2C=C[C@H]3C2)c(OCC#N)c1. The first-order valence-corrected chi connectivity index (χ1v) is 8.92. The lowest BCUT2D eigenvalue weighted by molar-refractivity contribution is -0.140. The van der Waals surface area contributed by atoms with Gasteiger partial charge in [-0.05, 0) is 30.4 Å². The molecule has 7 heteroatoms. The lowest BCUT2D eigenvalue weighted by atomic mass is 9.85. The number of allylic oxidation sites excluding steroid dienone is 2. The highest BCUT2D eigenvalue weighted by Crippen LogP contribution is 2.52. The monoisotopic (exact) mass is 364 g/mol. The largest absolute Gasteiger partial charge is 0.478 e. The van der Waals surface area contributed by atoms with Gasteiger partial charge in [0.05, 0.1) is 18.1 Å². The Bertz CT molecular complexity index is 869. The molecular formula is C20H20N4O3. The molecule has 3 aliphatic rings.